The molecule has 0 aliphatic carbocycles. The first-order valence-corrected chi connectivity index (χ1v) is 10.3. The SMILES string of the molecule is O=C(COc1cccc(Br)c1)N(c1ccccc1)S(=O)(=O)c1ccccc1. The lowest BCUT2D eigenvalue weighted by Gasteiger charge is -2.22. The van der Waals surface area contributed by atoms with Crippen LogP contribution < -0.4 is 9.04 Å². The maximum Gasteiger partial charge on any atom is 0.278 e. The number of ether oxygens (including phenoxy) is 1. The number of sulfonamides is 1. The average molecular weight is 446 g/mol. The summed E-state index contributed by atoms with van der Waals surface area (Å²) in [7, 11) is -4.07. The summed E-state index contributed by atoms with van der Waals surface area (Å²) in [5.74, 6) is -0.229. The summed E-state index contributed by atoms with van der Waals surface area (Å²) >= 11 is 3.33. The third-order valence-electron chi connectivity index (χ3n) is 3.66. The smallest absolute Gasteiger partial charge is 0.278 e. The highest BCUT2D eigenvalue weighted by Crippen LogP contribution is 2.24. The molecule has 0 radical (unpaired) electrons. The first-order valence-electron chi connectivity index (χ1n) is 8.05. The normalized spacial score (nSPS) is 11.0. The summed E-state index contributed by atoms with van der Waals surface area (Å²) in [5, 5.41) is 0. The molecule has 7 heteroatoms. The fourth-order valence-electron chi connectivity index (χ4n) is 2.44. The fourth-order valence-corrected chi connectivity index (χ4v) is 4.25. The molecule has 0 aliphatic heterocycles. The van der Waals surface area contributed by atoms with Gasteiger partial charge >= 0.3 is 0 Å². The predicted octanol–water partition coefficient (Wildman–Crippen LogP) is 4.25. The van der Waals surface area contributed by atoms with Crippen molar-refractivity contribution in [3.63, 3.8) is 0 Å². The number of anilines is 1. The molecule has 3 rings (SSSR count). The Bertz CT molecular complexity index is 1020. The van der Waals surface area contributed by atoms with Gasteiger partial charge < -0.3 is 4.74 Å². The molecule has 0 aliphatic rings. The molecule has 27 heavy (non-hydrogen) atoms. The van der Waals surface area contributed by atoms with Crippen LogP contribution in [0.2, 0.25) is 0 Å². The van der Waals surface area contributed by atoms with Crippen molar-refractivity contribution in [3.8, 4) is 5.75 Å². The lowest BCUT2D eigenvalue weighted by molar-refractivity contribution is -0.119. The Balaban J connectivity index is 1.92. The summed E-state index contributed by atoms with van der Waals surface area (Å²) in [5.41, 5.74) is 0.254. The van der Waals surface area contributed by atoms with Gasteiger partial charge in [-0.1, -0.05) is 58.4 Å². The molecule has 1 amide bonds. The number of nitrogens with zero attached hydrogens (tertiary/aromatic N) is 1. The van der Waals surface area contributed by atoms with Crippen molar-refractivity contribution >= 4 is 37.5 Å². The van der Waals surface area contributed by atoms with Gasteiger partial charge in [0.2, 0.25) is 0 Å². The van der Waals surface area contributed by atoms with E-state index in [-0.39, 0.29) is 10.6 Å². The predicted molar refractivity (Wildman–Crippen MR) is 107 cm³/mol. The number of carbonyl (C=O) groups excluding carboxylic acids is 1. The Morgan fingerprint density at radius 2 is 1.52 bits per heavy atom. The number of amides is 1. The van der Waals surface area contributed by atoms with Crippen LogP contribution in [0.25, 0.3) is 0 Å². The number of hydrogen-bond donors (Lipinski definition) is 0. The number of hydrogen-bond acceptors (Lipinski definition) is 4. The highest BCUT2D eigenvalue weighted by molar-refractivity contribution is 9.10. The van der Waals surface area contributed by atoms with E-state index in [9.17, 15) is 13.2 Å². The minimum atomic E-state index is -4.07. The molecular formula is C20H16BrNO4S. The number of para-hydroxylation sites is 1. The molecule has 0 saturated heterocycles. The molecule has 0 bridgehead atoms. The summed E-state index contributed by atoms with van der Waals surface area (Å²) in [6.45, 7) is -0.419. The second-order valence-corrected chi connectivity index (χ2v) is 8.26. The van der Waals surface area contributed by atoms with E-state index in [4.69, 9.17) is 4.74 Å². The Hall–Kier alpha value is -2.64. The molecule has 0 aromatic heterocycles. The van der Waals surface area contributed by atoms with Crippen LogP contribution in [0.4, 0.5) is 5.69 Å². The first kappa shape index (κ1) is 19.1. The van der Waals surface area contributed by atoms with Crippen LogP contribution in [-0.4, -0.2) is 20.9 Å². The number of rotatable bonds is 6. The van der Waals surface area contributed by atoms with Crippen molar-refractivity contribution in [1.29, 1.82) is 0 Å². The molecule has 0 heterocycles. The molecule has 0 unspecified atom stereocenters. The van der Waals surface area contributed by atoms with Gasteiger partial charge in [0.25, 0.3) is 15.9 Å². The molecule has 0 N–H and O–H groups in total. The van der Waals surface area contributed by atoms with Gasteiger partial charge in [0.15, 0.2) is 6.61 Å². The zero-order chi connectivity index (χ0) is 19.3. The minimum Gasteiger partial charge on any atom is -0.484 e. The van der Waals surface area contributed by atoms with E-state index in [1.165, 1.54) is 12.1 Å². The first-order chi connectivity index (χ1) is 13.0. The van der Waals surface area contributed by atoms with E-state index in [2.05, 4.69) is 15.9 Å². The van der Waals surface area contributed by atoms with Crippen molar-refractivity contribution in [1.82, 2.24) is 0 Å². The standard InChI is InChI=1S/C20H16BrNO4S/c21-16-8-7-11-18(14-16)26-15-20(23)22(17-9-3-1-4-10-17)27(24,25)19-12-5-2-6-13-19/h1-14H,15H2. The zero-order valence-corrected chi connectivity index (χ0v) is 16.6. The highest BCUT2D eigenvalue weighted by atomic mass is 79.9. The van der Waals surface area contributed by atoms with Crippen LogP contribution in [0, 0.1) is 0 Å². The molecule has 0 atom stereocenters. The van der Waals surface area contributed by atoms with Gasteiger partial charge in [-0.3, -0.25) is 4.79 Å². The highest BCUT2D eigenvalue weighted by Gasteiger charge is 2.31. The van der Waals surface area contributed by atoms with Gasteiger partial charge in [-0.05, 0) is 42.5 Å². The van der Waals surface area contributed by atoms with Crippen molar-refractivity contribution in [2.75, 3.05) is 10.9 Å². The second-order valence-electron chi connectivity index (χ2n) is 5.56. The van der Waals surface area contributed by atoms with Gasteiger partial charge in [-0.25, -0.2) is 8.42 Å². The molecule has 3 aromatic carbocycles. The summed E-state index contributed by atoms with van der Waals surface area (Å²) in [6.07, 6.45) is 0. The minimum absolute atomic E-state index is 0.0321. The molecule has 0 saturated carbocycles. The largest absolute Gasteiger partial charge is 0.484 e. The van der Waals surface area contributed by atoms with E-state index in [0.717, 1.165) is 8.78 Å². The van der Waals surface area contributed by atoms with Crippen molar-refractivity contribution < 1.29 is 17.9 Å². The molecule has 0 spiro atoms. The van der Waals surface area contributed by atoms with Gasteiger partial charge in [-0.15, -0.1) is 0 Å². The lowest BCUT2D eigenvalue weighted by atomic mass is 10.3. The number of carbonyl (C=O) groups is 1. The third kappa shape index (κ3) is 4.56. The van der Waals surface area contributed by atoms with Gasteiger partial charge in [-0.2, -0.15) is 4.31 Å². The van der Waals surface area contributed by atoms with E-state index >= 15 is 0 Å². The van der Waals surface area contributed by atoms with Gasteiger partial charge in [0.1, 0.15) is 5.75 Å². The van der Waals surface area contributed by atoms with Crippen molar-refractivity contribution in [2.45, 2.75) is 4.90 Å². The van der Waals surface area contributed by atoms with Crippen molar-refractivity contribution in [3.05, 3.63) is 89.4 Å². The number of benzene rings is 3. The molecule has 0 fully saturated rings. The van der Waals surface area contributed by atoms with Crippen LogP contribution in [-0.2, 0) is 14.8 Å². The maximum atomic E-state index is 13.1. The van der Waals surface area contributed by atoms with Crippen LogP contribution in [0.5, 0.6) is 5.75 Å². The summed E-state index contributed by atoms with van der Waals surface area (Å²) < 4.78 is 33.2. The molecule has 5 nitrogen and oxygen atoms in total. The van der Waals surface area contributed by atoms with Gasteiger partial charge in [0, 0.05) is 4.47 Å². The molecular weight excluding hydrogens is 430 g/mol. The van der Waals surface area contributed by atoms with E-state index < -0.39 is 22.5 Å². The van der Waals surface area contributed by atoms with Crippen LogP contribution >= 0.6 is 15.9 Å². The Morgan fingerprint density at radius 1 is 0.889 bits per heavy atom. The Kier molecular flexibility index (Phi) is 5.93. The van der Waals surface area contributed by atoms with Crippen LogP contribution in [0.1, 0.15) is 0 Å². The third-order valence-corrected chi connectivity index (χ3v) is 5.91. The van der Waals surface area contributed by atoms with Crippen molar-refractivity contribution in [2.24, 2.45) is 0 Å². The lowest BCUT2D eigenvalue weighted by Crippen LogP contribution is -2.40. The second kappa shape index (κ2) is 8.37. The van der Waals surface area contributed by atoms with E-state index in [0.29, 0.717) is 5.75 Å². The van der Waals surface area contributed by atoms with Crippen LogP contribution in [0.15, 0.2) is 94.3 Å². The topological polar surface area (TPSA) is 63.7 Å². The molecule has 138 valence electrons. The maximum absolute atomic E-state index is 13.1. The Morgan fingerprint density at radius 3 is 2.15 bits per heavy atom. The Labute approximate surface area is 166 Å². The number of halogens is 1. The molecule has 3 aromatic rings. The summed E-state index contributed by atoms with van der Waals surface area (Å²) in [6, 6.07) is 23.0. The summed E-state index contributed by atoms with van der Waals surface area (Å²) in [4.78, 5) is 12.9. The van der Waals surface area contributed by atoms with Crippen LogP contribution in [0.3, 0.4) is 0 Å². The zero-order valence-electron chi connectivity index (χ0n) is 14.2. The fraction of sp³-hybridized carbons (Fsp3) is 0.0500. The van der Waals surface area contributed by atoms with E-state index in [1.807, 2.05) is 6.07 Å². The monoisotopic (exact) mass is 445 g/mol. The quantitative estimate of drug-likeness (QED) is 0.568. The average Bonchev–Trinajstić information content (AvgIpc) is 2.68. The van der Waals surface area contributed by atoms with Gasteiger partial charge in [0.05, 0.1) is 10.6 Å². The van der Waals surface area contributed by atoms with E-state index in [1.54, 1.807) is 66.7 Å².